The van der Waals surface area contributed by atoms with Gasteiger partial charge in [0.1, 0.15) is 0 Å². The Morgan fingerprint density at radius 1 is 0.800 bits per heavy atom. The largest absolute Gasteiger partial charge is 0.351 e. The van der Waals surface area contributed by atoms with Crippen molar-refractivity contribution in [3.05, 3.63) is 131 Å². The average molecular weight is 623 g/mol. The molecule has 2 amide bonds. The lowest BCUT2D eigenvalue weighted by Gasteiger charge is -2.22. The maximum Gasteiger partial charge on any atom is 0.251 e. The molecule has 0 atom stereocenters. The van der Waals surface area contributed by atoms with Crippen molar-refractivity contribution < 1.29 is 18.0 Å². The molecule has 0 spiro atoms. The number of amides is 2. The molecule has 4 aromatic rings. The Kier molecular flexibility index (Phi) is 10.6. The van der Waals surface area contributed by atoms with E-state index in [0.717, 1.165) is 47.5 Å². The maximum atomic E-state index is 13.5. The van der Waals surface area contributed by atoms with Crippen LogP contribution in [0.2, 0.25) is 0 Å². The van der Waals surface area contributed by atoms with Crippen molar-refractivity contribution in [1.82, 2.24) is 15.1 Å². The van der Waals surface area contributed by atoms with Crippen molar-refractivity contribution in [3.63, 3.8) is 0 Å². The first kappa shape index (κ1) is 31.8. The molecule has 0 aromatic heterocycles. The zero-order valence-corrected chi connectivity index (χ0v) is 26.0. The first-order valence-electron chi connectivity index (χ1n) is 15.1. The van der Waals surface area contributed by atoms with E-state index in [1.165, 1.54) is 25.0 Å². The third-order valence-electron chi connectivity index (χ3n) is 7.83. The van der Waals surface area contributed by atoms with E-state index in [1.807, 2.05) is 78.9 Å². The van der Waals surface area contributed by atoms with Crippen LogP contribution in [-0.2, 0) is 27.9 Å². The summed E-state index contributed by atoms with van der Waals surface area (Å²) in [6.45, 7) is 4.25. The van der Waals surface area contributed by atoms with E-state index in [0.29, 0.717) is 18.7 Å². The van der Waals surface area contributed by atoms with Gasteiger partial charge < -0.3 is 15.1 Å². The minimum absolute atomic E-state index is 0.0169. The molecule has 1 fully saturated rings. The Hall–Kier alpha value is -4.57. The van der Waals surface area contributed by atoms with Crippen LogP contribution >= 0.6 is 0 Å². The summed E-state index contributed by atoms with van der Waals surface area (Å²) in [5.74, 6) is -0.282. The summed E-state index contributed by atoms with van der Waals surface area (Å²) in [4.78, 5) is 30.4. The molecular formula is C36H38N4O4S. The van der Waals surface area contributed by atoms with Crippen molar-refractivity contribution in [2.24, 2.45) is 5.14 Å². The fraction of sp³-hybridized carbons (Fsp3) is 0.222. The van der Waals surface area contributed by atoms with Crippen LogP contribution < -0.4 is 10.5 Å². The molecule has 1 aliphatic heterocycles. The Morgan fingerprint density at radius 3 is 2.18 bits per heavy atom. The normalized spacial score (nSPS) is 13.6. The molecular weight excluding hydrogens is 584 g/mol. The highest BCUT2D eigenvalue weighted by Crippen LogP contribution is 2.23. The highest BCUT2D eigenvalue weighted by atomic mass is 32.2. The van der Waals surface area contributed by atoms with E-state index in [9.17, 15) is 18.0 Å². The standard InChI is InChI=1S/C36H38N4O4S/c37-45(43,44)34-17-14-29(15-18-34)26-40(35(41)19-16-28-8-2-1-3-9-28)27-30-10-6-11-31(24-30)32-12-7-13-33(25-32)36(42)38-20-23-39-21-4-5-22-39/h1-3,6-19,24-25H,4-5,20-23,26-27H2,(H,38,42)(H2,37,43,44)/b19-16+. The third kappa shape index (κ3) is 9.21. The van der Waals surface area contributed by atoms with E-state index < -0.39 is 10.0 Å². The van der Waals surface area contributed by atoms with Gasteiger partial charge in [-0.15, -0.1) is 0 Å². The number of primary sulfonamides is 1. The smallest absolute Gasteiger partial charge is 0.251 e. The molecule has 0 saturated carbocycles. The molecule has 0 radical (unpaired) electrons. The molecule has 3 N–H and O–H groups in total. The number of benzene rings is 4. The monoisotopic (exact) mass is 622 g/mol. The molecule has 9 heteroatoms. The number of nitrogens with two attached hydrogens (primary N) is 1. The number of rotatable bonds is 12. The summed E-state index contributed by atoms with van der Waals surface area (Å²) in [7, 11) is -3.82. The van der Waals surface area contributed by atoms with Gasteiger partial charge >= 0.3 is 0 Å². The summed E-state index contributed by atoms with van der Waals surface area (Å²) < 4.78 is 23.4. The number of carbonyl (C=O) groups excluding carboxylic acids is 2. The number of hydrogen-bond donors (Lipinski definition) is 2. The third-order valence-corrected chi connectivity index (χ3v) is 8.75. The van der Waals surface area contributed by atoms with Crippen LogP contribution in [0.3, 0.4) is 0 Å². The van der Waals surface area contributed by atoms with Crippen LogP contribution in [0.15, 0.2) is 114 Å². The van der Waals surface area contributed by atoms with Gasteiger partial charge in [-0.05, 0) is 90.2 Å². The van der Waals surface area contributed by atoms with Crippen LogP contribution in [-0.4, -0.2) is 56.2 Å². The van der Waals surface area contributed by atoms with Crippen LogP contribution in [0.1, 0.15) is 39.9 Å². The first-order chi connectivity index (χ1) is 21.7. The molecule has 8 nitrogen and oxygen atoms in total. The number of likely N-dealkylation sites (tertiary alicyclic amines) is 1. The molecule has 1 aliphatic rings. The molecule has 1 saturated heterocycles. The quantitative estimate of drug-likeness (QED) is 0.214. The minimum Gasteiger partial charge on any atom is -0.351 e. The number of nitrogens with zero attached hydrogens (tertiary/aromatic N) is 2. The minimum atomic E-state index is -3.82. The van der Waals surface area contributed by atoms with E-state index >= 15 is 0 Å². The number of nitrogens with one attached hydrogen (secondary N) is 1. The van der Waals surface area contributed by atoms with Gasteiger partial charge in [-0.25, -0.2) is 13.6 Å². The predicted molar refractivity (Wildman–Crippen MR) is 177 cm³/mol. The van der Waals surface area contributed by atoms with Gasteiger partial charge in [0.2, 0.25) is 15.9 Å². The van der Waals surface area contributed by atoms with Crippen molar-refractivity contribution in [2.45, 2.75) is 30.8 Å². The Bertz CT molecular complexity index is 1750. The van der Waals surface area contributed by atoms with Crippen molar-refractivity contribution in [1.29, 1.82) is 0 Å². The van der Waals surface area contributed by atoms with Crippen molar-refractivity contribution >= 4 is 27.9 Å². The van der Waals surface area contributed by atoms with Gasteiger partial charge in [0.05, 0.1) is 4.90 Å². The maximum absolute atomic E-state index is 13.5. The first-order valence-corrected chi connectivity index (χ1v) is 16.6. The second kappa shape index (κ2) is 14.9. The molecule has 45 heavy (non-hydrogen) atoms. The SMILES string of the molecule is NS(=O)(=O)c1ccc(CN(Cc2cccc(-c3cccc(C(=O)NCCN4CCCC4)c3)c2)C(=O)/C=C/c2ccccc2)cc1. The van der Waals surface area contributed by atoms with Crippen LogP contribution in [0.4, 0.5) is 0 Å². The lowest BCUT2D eigenvalue weighted by atomic mass is 10.0. The van der Waals surface area contributed by atoms with Gasteiger partial charge in [0.15, 0.2) is 0 Å². The molecule has 232 valence electrons. The van der Waals surface area contributed by atoms with Crippen LogP contribution in [0, 0.1) is 0 Å². The van der Waals surface area contributed by atoms with Gasteiger partial charge in [0.25, 0.3) is 5.91 Å². The Balaban J connectivity index is 1.32. The number of carbonyl (C=O) groups is 2. The predicted octanol–water partition coefficient (Wildman–Crippen LogP) is 5.07. The Labute approximate surface area is 265 Å². The average Bonchev–Trinajstić information content (AvgIpc) is 3.57. The van der Waals surface area contributed by atoms with E-state index in [4.69, 9.17) is 5.14 Å². The number of sulfonamides is 1. The fourth-order valence-corrected chi connectivity index (χ4v) is 5.91. The summed E-state index contributed by atoms with van der Waals surface area (Å²) in [6, 6.07) is 31.3. The molecule has 4 aromatic carbocycles. The zero-order valence-electron chi connectivity index (χ0n) is 25.1. The molecule has 0 unspecified atom stereocenters. The molecule has 0 bridgehead atoms. The molecule has 1 heterocycles. The summed E-state index contributed by atoms with van der Waals surface area (Å²) in [6.07, 6.45) is 5.76. The molecule has 5 rings (SSSR count). The summed E-state index contributed by atoms with van der Waals surface area (Å²) >= 11 is 0. The fourth-order valence-electron chi connectivity index (χ4n) is 5.40. The summed E-state index contributed by atoms with van der Waals surface area (Å²) in [5, 5.41) is 8.30. The van der Waals surface area contributed by atoms with Gasteiger partial charge in [-0.3, -0.25) is 9.59 Å². The van der Waals surface area contributed by atoms with Gasteiger partial charge in [0, 0.05) is 37.8 Å². The van der Waals surface area contributed by atoms with Crippen LogP contribution in [0.5, 0.6) is 0 Å². The lowest BCUT2D eigenvalue weighted by Crippen LogP contribution is -2.33. The van der Waals surface area contributed by atoms with Gasteiger partial charge in [-0.2, -0.15) is 0 Å². The topological polar surface area (TPSA) is 113 Å². The second-order valence-corrected chi connectivity index (χ2v) is 12.8. The number of hydrogen-bond acceptors (Lipinski definition) is 5. The lowest BCUT2D eigenvalue weighted by molar-refractivity contribution is -0.127. The zero-order chi connectivity index (χ0) is 31.6. The van der Waals surface area contributed by atoms with Crippen LogP contribution in [0.25, 0.3) is 17.2 Å². The molecule has 0 aliphatic carbocycles. The van der Waals surface area contributed by atoms with E-state index in [2.05, 4.69) is 10.2 Å². The van der Waals surface area contributed by atoms with E-state index in [1.54, 1.807) is 29.2 Å². The summed E-state index contributed by atoms with van der Waals surface area (Å²) in [5.41, 5.74) is 5.03. The van der Waals surface area contributed by atoms with Crippen molar-refractivity contribution in [2.75, 3.05) is 26.2 Å². The highest BCUT2D eigenvalue weighted by Gasteiger charge is 2.16. The Morgan fingerprint density at radius 2 is 1.47 bits per heavy atom. The highest BCUT2D eigenvalue weighted by molar-refractivity contribution is 7.89. The van der Waals surface area contributed by atoms with E-state index in [-0.39, 0.29) is 23.3 Å². The van der Waals surface area contributed by atoms with Gasteiger partial charge in [-0.1, -0.05) is 72.8 Å². The second-order valence-electron chi connectivity index (χ2n) is 11.2. The van der Waals surface area contributed by atoms with Crippen molar-refractivity contribution in [3.8, 4) is 11.1 Å².